The summed E-state index contributed by atoms with van der Waals surface area (Å²) in [6.45, 7) is -2.95. The van der Waals surface area contributed by atoms with E-state index in [1.165, 1.54) is 37.6 Å². The molecule has 0 saturated heterocycles. The molecule has 0 saturated carbocycles. The summed E-state index contributed by atoms with van der Waals surface area (Å²) in [5, 5.41) is 5.91. The molecule has 140 valence electrons. The number of methoxy groups -OCH3 is 2. The molecular weight excluding hydrogens is 368 g/mol. The highest BCUT2D eigenvalue weighted by Crippen LogP contribution is 2.35. The Labute approximate surface area is 155 Å². The molecule has 2 heterocycles. The minimum Gasteiger partial charge on any atom is -0.493 e. The van der Waals surface area contributed by atoms with Crippen molar-refractivity contribution in [3.8, 4) is 17.2 Å². The summed E-state index contributed by atoms with van der Waals surface area (Å²) in [4.78, 5) is 4.11. The van der Waals surface area contributed by atoms with Gasteiger partial charge in [0.2, 0.25) is 0 Å². The van der Waals surface area contributed by atoms with Crippen LogP contribution in [-0.2, 0) is 16.6 Å². The number of anilines is 2. The van der Waals surface area contributed by atoms with Crippen LogP contribution < -0.4 is 24.8 Å². The molecule has 3 rings (SSSR count). The predicted molar refractivity (Wildman–Crippen MR) is 93.3 cm³/mol. The lowest BCUT2D eigenvalue weighted by Crippen LogP contribution is -2.28. The zero-order chi connectivity index (χ0) is 21.2. The monoisotopic (exact) mass is 388 g/mol. The van der Waals surface area contributed by atoms with Gasteiger partial charge in [0.15, 0.2) is 17.0 Å². The van der Waals surface area contributed by atoms with Crippen molar-refractivity contribution in [1.29, 1.82) is 0 Å². The first-order valence-electron chi connectivity index (χ1n) is 8.86. The summed E-state index contributed by atoms with van der Waals surface area (Å²) in [6.07, 6.45) is 1.33. The van der Waals surface area contributed by atoms with Crippen LogP contribution >= 0.6 is 0 Å². The highest BCUT2D eigenvalue weighted by Gasteiger charge is 2.27. The van der Waals surface area contributed by atoms with E-state index in [-0.39, 0.29) is 28.7 Å². The lowest BCUT2D eigenvalue weighted by molar-refractivity contribution is -0.0497. The van der Waals surface area contributed by atoms with Gasteiger partial charge in [-0.25, -0.2) is 0 Å². The molecule has 0 spiro atoms. The Hall–Kier alpha value is -2.62. The number of hydrogen-bond donors (Lipinski definition) is 2. The molecule has 1 aliphatic heterocycles. The van der Waals surface area contributed by atoms with Crippen LogP contribution in [0.5, 0.6) is 17.2 Å². The van der Waals surface area contributed by atoms with Gasteiger partial charge in [0.05, 0.1) is 51.9 Å². The van der Waals surface area contributed by atoms with E-state index in [1.54, 1.807) is 0 Å². The molecular formula is C16H17F2N3O4S. The first kappa shape index (κ1) is 14.5. The first-order valence-corrected chi connectivity index (χ1v) is 8.74. The van der Waals surface area contributed by atoms with E-state index in [0.29, 0.717) is 11.4 Å². The Bertz CT molecular complexity index is 917. The molecule has 2 atom stereocenters. The fourth-order valence-electron chi connectivity index (χ4n) is 2.49. The van der Waals surface area contributed by atoms with Crippen molar-refractivity contribution < 1.29 is 31.3 Å². The largest absolute Gasteiger partial charge is 0.493 e. The third-order valence-corrected chi connectivity index (χ3v) is 4.91. The Morgan fingerprint density at radius 1 is 1.31 bits per heavy atom. The van der Waals surface area contributed by atoms with Crippen LogP contribution in [-0.4, -0.2) is 35.4 Å². The zero-order valence-electron chi connectivity index (χ0n) is 16.5. The number of nitrogens with one attached hydrogen (secondary N) is 2. The lowest BCUT2D eigenvalue weighted by atomic mass is 10.2. The van der Waals surface area contributed by atoms with E-state index >= 15 is 0 Å². The number of fused-ring (bicyclic) bond motifs is 1. The second kappa shape index (κ2) is 7.73. The maximum Gasteiger partial charge on any atom is 0.387 e. The van der Waals surface area contributed by atoms with E-state index in [0.717, 1.165) is 0 Å². The van der Waals surface area contributed by atoms with E-state index in [9.17, 15) is 13.0 Å². The molecule has 2 N–H and O–H groups in total. The van der Waals surface area contributed by atoms with E-state index in [4.69, 9.17) is 13.6 Å². The summed E-state index contributed by atoms with van der Waals surface area (Å²) in [5.41, 5.74) is 0.546. The van der Waals surface area contributed by atoms with Crippen molar-refractivity contribution in [2.45, 2.75) is 17.9 Å². The molecule has 0 radical (unpaired) electrons. The Balaban J connectivity index is 1.73. The average molecular weight is 388 g/mol. The zero-order valence-corrected chi connectivity index (χ0v) is 14.3. The molecule has 2 aromatic rings. The number of rotatable bonds is 7. The molecule has 0 fully saturated rings. The summed E-state index contributed by atoms with van der Waals surface area (Å²) in [7, 11) is -2.94. The van der Waals surface area contributed by atoms with Gasteiger partial charge in [-0.05, 0) is 12.1 Å². The van der Waals surface area contributed by atoms with Gasteiger partial charge in [-0.3, -0.25) is 9.19 Å². The second-order valence-electron chi connectivity index (χ2n) is 5.17. The van der Waals surface area contributed by atoms with Crippen molar-refractivity contribution in [2.75, 3.05) is 24.8 Å². The summed E-state index contributed by atoms with van der Waals surface area (Å²) >= 11 is 0. The number of benzene rings is 1. The van der Waals surface area contributed by atoms with Crippen LogP contribution in [0.3, 0.4) is 0 Å². The van der Waals surface area contributed by atoms with Gasteiger partial charge >= 0.3 is 6.61 Å². The summed E-state index contributed by atoms with van der Waals surface area (Å²) in [5.74, 6) is -0.0863. The number of alkyl halides is 2. The van der Waals surface area contributed by atoms with Crippen LogP contribution in [0, 0.1) is 0 Å². The quantitative estimate of drug-likeness (QED) is 0.755. The van der Waals surface area contributed by atoms with Gasteiger partial charge in [-0.15, -0.1) is 0 Å². The maximum absolute atomic E-state index is 12.8. The number of ether oxygens (including phenoxy) is 3. The Morgan fingerprint density at radius 3 is 2.85 bits per heavy atom. The maximum atomic E-state index is 12.8. The minimum atomic E-state index is -2.95. The van der Waals surface area contributed by atoms with Gasteiger partial charge in [-0.2, -0.15) is 8.78 Å². The third kappa shape index (κ3) is 3.79. The number of halogens is 2. The molecule has 0 aliphatic carbocycles. The van der Waals surface area contributed by atoms with E-state index in [1.807, 2.05) is 0 Å². The molecule has 1 aromatic carbocycles. The normalized spacial score (nSPS) is 18.6. The molecule has 0 bridgehead atoms. The molecule has 2 unspecified atom stereocenters. The fourth-order valence-corrected chi connectivity index (χ4v) is 3.64. The van der Waals surface area contributed by atoms with Crippen molar-refractivity contribution in [3.05, 3.63) is 36.2 Å². The topological polar surface area (TPSA) is 81.7 Å². The number of aromatic nitrogens is 1. The standard InChI is InChI=1S/C16H17F2N3O4S/c1-23-13-5-6-19-12(14(13)24-2)8-26(22)16-20-10-4-3-9(25-15(17)18)7-11(10)21-16/h3-7,15-16,20-21H,8H2,1-2H3/i1D3. The Kier molecular flexibility index (Phi) is 4.32. The highest BCUT2D eigenvalue weighted by atomic mass is 32.2. The molecule has 10 heteroatoms. The highest BCUT2D eigenvalue weighted by molar-refractivity contribution is 7.85. The number of pyridine rings is 1. The van der Waals surface area contributed by atoms with Crippen molar-refractivity contribution in [1.82, 2.24) is 4.98 Å². The lowest BCUT2D eigenvalue weighted by Gasteiger charge is -2.14. The minimum absolute atomic E-state index is 0.0302. The smallest absolute Gasteiger partial charge is 0.387 e. The molecule has 7 nitrogen and oxygen atoms in total. The van der Waals surface area contributed by atoms with Gasteiger partial charge in [0, 0.05) is 18.3 Å². The average Bonchev–Trinajstić information content (AvgIpc) is 3.03. The second-order valence-corrected chi connectivity index (χ2v) is 6.69. The first-order chi connectivity index (χ1) is 13.7. The Morgan fingerprint density at radius 2 is 2.12 bits per heavy atom. The van der Waals surface area contributed by atoms with Crippen LogP contribution in [0.1, 0.15) is 9.81 Å². The van der Waals surface area contributed by atoms with Gasteiger partial charge < -0.3 is 24.8 Å². The third-order valence-electron chi connectivity index (χ3n) is 3.59. The van der Waals surface area contributed by atoms with Crippen molar-refractivity contribution >= 4 is 22.2 Å². The molecule has 1 aromatic heterocycles. The van der Waals surface area contributed by atoms with Gasteiger partial charge in [-0.1, -0.05) is 0 Å². The van der Waals surface area contributed by atoms with Gasteiger partial charge in [0.1, 0.15) is 5.75 Å². The molecule has 1 aliphatic rings. The van der Waals surface area contributed by atoms with Crippen LogP contribution in [0.15, 0.2) is 30.5 Å². The van der Waals surface area contributed by atoms with Crippen LogP contribution in [0.4, 0.5) is 20.2 Å². The number of nitrogens with zero attached hydrogens (tertiary/aromatic N) is 1. The number of hydrogen-bond acceptors (Lipinski definition) is 7. The summed E-state index contributed by atoms with van der Waals surface area (Å²) < 4.78 is 73.6. The fraction of sp³-hybridized carbons (Fsp3) is 0.312. The SMILES string of the molecule is [2H]C([2H])([2H])Oc1ccnc(CS(=O)C2Nc3ccc(OC(F)F)cc3N2)c1OC. The predicted octanol–water partition coefficient (Wildman–Crippen LogP) is 2.77. The van der Waals surface area contributed by atoms with E-state index in [2.05, 4.69) is 20.4 Å². The summed E-state index contributed by atoms with van der Waals surface area (Å²) in [6, 6.07) is 5.60. The van der Waals surface area contributed by atoms with Gasteiger partial charge in [0.25, 0.3) is 0 Å². The van der Waals surface area contributed by atoms with Crippen LogP contribution in [0.2, 0.25) is 0 Å². The van der Waals surface area contributed by atoms with Crippen LogP contribution in [0.25, 0.3) is 0 Å². The van der Waals surface area contributed by atoms with E-state index < -0.39 is 29.9 Å². The molecule has 26 heavy (non-hydrogen) atoms. The van der Waals surface area contributed by atoms with Crippen molar-refractivity contribution in [3.63, 3.8) is 0 Å². The molecule has 0 amide bonds. The van der Waals surface area contributed by atoms with Crippen molar-refractivity contribution in [2.24, 2.45) is 0 Å².